The van der Waals surface area contributed by atoms with Crippen LogP contribution < -0.4 is 10.2 Å². The van der Waals surface area contributed by atoms with Gasteiger partial charge in [-0.05, 0) is 36.8 Å². The molecule has 0 saturated heterocycles. The minimum absolute atomic E-state index is 0.0760. The van der Waals surface area contributed by atoms with E-state index >= 15 is 0 Å². The van der Waals surface area contributed by atoms with Crippen molar-refractivity contribution in [2.75, 3.05) is 16.8 Å². The Morgan fingerprint density at radius 1 is 1.35 bits per heavy atom. The summed E-state index contributed by atoms with van der Waals surface area (Å²) in [6.45, 7) is 1.92. The number of para-hydroxylation sites is 2. The van der Waals surface area contributed by atoms with Crippen LogP contribution in [-0.2, 0) is 4.79 Å². The van der Waals surface area contributed by atoms with Crippen molar-refractivity contribution in [1.82, 2.24) is 4.98 Å². The smallest absolute Gasteiger partial charge is 0.244 e. The molecule has 0 radical (unpaired) electrons. The number of aliphatic hydroxyl groups excluding tert-OH is 1. The van der Waals surface area contributed by atoms with Gasteiger partial charge in [-0.15, -0.1) is 0 Å². The Balaban J connectivity index is 2.06. The summed E-state index contributed by atoms with van der Waals surface area (Å²) < 4.78 is 0. The van der Waals surface area contributed by atoms with E-state index < -0.39 is 6.10 Å². The third kappa shape index (κ3) is 2.23. The number of hydrogen-bond donors (Lipinski definition) is 2. The Hall–Kier alpha value is -2.40. The van der Waals surface area contributed by atoms with Crippen molar-refractivity contribution in [3.05, 3.63) is 48.2 Å². The number of rotatable bonds is 2. The SMILES string of the molecule is CC(O)c1ccnc(N2CC(=O)Nc3ccccc32)c1. The van der Waals surface area contributed by atoms with E-state index in [2.05, 4.69) is 10.3 Å². The van der Waals surface area contributed by atoms with E-state index in [1.165, 1.54) is 0 Å². The van der Waals surface area contributed by atoms with E-state index in [0.29, 0.717) is 5.82 Å². The minimum Gasteiger partial charge on any atom is -0.389 e. The van der Waals surface area contributed by atoms with Crippen LogP contribution in [0.1, 0.15) is 18.6 Å². The second-order valence-corrected chi connectivity index (χ2v) is 4.77. The number of anilines is 3. The summed E-state index contributed by atoms with van der Waals surface area (Å²) in [6.07, 6.45) is 1.08. The number of hydrogen-bond acceptors (Lipinski definition) is 4. The largest absolute Gasteiger partial charge is 0.389 e. The summed E-state index contributed by atoms with van der Waals surface area (Å²) in [5.74, 6) is 0.582. The Bertz CT molecular complexity index is 655. The first-order chi connectivity index (χ1) is 9.65. The topological polar surface area (TPSA) is 65.5 Å². The van der Waals surface area contributed by atoms with E-state index in [1.54, 1.807) is 25.3 Å². The van der Waals surface area contributed by atoms with E-state index in [0.717, 1.165) is 16.9 Å². The lowest BCUT2D eigenvalue weighted by Crippen LogP contribution is -2.35. The third-order valence-corrected chi connectivity index (χ3v) is 3.30. The average molecular weight is 269 g/mol. The minimum atomic E-state index is -0.564. The van der Waals surface area contributed by atoms with Crippen LogP contribution in [0.4, 0.5) is 17.2 Å². The van der Waals surface area contributed by atoms with Crippen LogP contribution in [-0.4, -0.2) is 22.5 Å². The summed E-state index contributed by atoms with van der Waals surface area (Å²) in [5.41, 5.74) is 2.45. The Kier molecular flexibility index (Phi) is 3.12. The zero-order chi connectivity index (χ0) is 14.1. The zero-order valence-electron chi connectivity index (χ0n) is 11.1. The molecule has 0 bridgehead atoms. The first-order valence-corrected chi connectivity index (χ1v) is 6.45. The summed E-state index contributed by atoms with van der Waals surface area (Å²) in [6, 6.07) is 11.2. The van der Waals surface area contributed by atoms with Gasteiger partial charge in [0.25, 0.3) is 0 Å². The lowest BCUT2D eigenvalue weighted by Gasteiger charge is -2.30. The number of amides is 1. The molecule has 1 aliphatic heterocycles. The first-order valence-electron chi connectivity index (χ1n) is 6.45. The maximum Gasteiger partial charge on any atom is 0.244 e. The predicted octanol–water partition coefficient (Wildman–Crippen LogP) is 2.23. The van der Waals surface area contributed by atoms with E-state index in [1.807, 2.05) is 29.2 Å². The number of nitrogens with zero attached hydrogens (tertiary/aromatic N) is 2. The van der Waals surface area contributed by atoms with E-state index in [-0.39, 0.29) is 12.5 Å². The maximum atomic E-state index is 11.8. The van der Waals surface area contributed by atoms with Crippen molar-refractivity contribution in [3.63, 3.8) is 0 Å². The van der Waals surface area contributed by atoms with Crippen molar-refractivity contribution in [1.29, 1.82) is 0 Å². The number of fused-ring (bicyclic) bond motifs is 1. The molecule has 1 amide bonds. The van der Waals surface area contributed by atoms with Crippen LogP contribution in [0.5, 0.6) is 0 Å². The molecule has 20 heavy (non-hydrogen) atoms. The monoisotopic (exact) mass is 269 g/mol. The van der Waals surface area contributed by atoms with Crippen molar-refractivity contribution in [3.8, 4) is 0 Å². The summed E-state index contributed by atoms with van der Waals surface area (Å²) in [5, 5.41) is 12.5. The summed E-state index contributed by atoms with van der Waals surface area (Å²) in [4.78, 5) is 18.0. The molecule has 0 aliphatic carbocycles. The summed E-state index contributed by atoms with van der Waals surface area (Å²) in [7, 11) is 0. The van der Waals surface area contributed by atoms with Crippen molar-refractivity contribution < 1.29 is 9.90 Å². The fourth-order valence-corrected chi connectivity index (χ4v) is 2.28. The Morgan fingerprint density at radius 3 is 2.95 bits per heavy atom. The number of carbonyl (C=O) groups excluding carboxylic acids is 1. The second kappa shape index (κ2) is 4.94. The zero-order valence-corrected chi connectivity index (χ0v) is 11.1. The van der Waals surface area contributed by atoms with Gasteiger partial charge in [-0.2, -0.15) is 0 Å². The quantitative estimate of drug-likeness (QED) is 0.877. The van der Waals surface area contributed by atoms with E-state index in [9.17, 15) is 9.90 Å². The second-order valence-electron chi connectivity index (χ2n) is 4.77. The molecule has 0 spiro atoms. The molecule has 3 rings (SSSR count). The predicted molar refractivity (Wildman–Crippen MR) is 76.9 cm³/mol. The molecule has 2 heterocycles. The summed E-state index contributed by atoms with van der Waals surface area (Å²) >= 11 is 0. The average Bonchev–Trinajstić information content (AvgIpc) is 2.46. The number of benzene rings is 1. The molecule has 1 aromatic carbocycles. The van der Waals surface area contributed by atoms with Gasteiger partial charge in [-0.3, -0.25) is 4.79 Å². The highest BCUT2D eigenvalue weighted by molar-refractivity contribution is 6.02. The Morgan fingerprint density at radius 2 is 2.15 bits per heavy atom. The first kappa shape index (κ1) is 12.6. The molecule has 0 saturated carbocycles. The van der Waals surface area contributed by atoms with Gasteiger partial charge in [0, 0.05) is 6.20 Å². The normalized spacial score (nSPS) is 15.5. The van der Waals surface area contributed by atoms with Crippen molar-refractivity contribution >= 4 is 23.1 Å². The van der Waals surface area contributed by atoms with Crippen molar-refractivity contribution in [2.24, 2.45) is 0 Å². The number of aromatic nitrogens is 1. The molecule has 1 atom stereocenters. The number of carbonyl (C=O) groups is 1. The van der Waals surface area contributed by atoms with Crippen LogP contribution in [0, 0.1) is 0 Å². The standard InChI is InChI=1S/C15H15N3O2/c1-10(19)11-6-7-16-14(8-11)18-9-15(20)17-12-4-2-3-5-13(12)18/h2-8,10,19H,9H2,1H3,(H,17,20). The number of pyridine rings is 1. The Labute approximate surface area is 116 Å². The molecule has 1 unspecified atom stereocenters. The van der Waals surface area contributed by atoms with Crippen LogP contribution in [0.2, 0.25) is 0 Å². The molecule has 102 valence electrons. The highest BCUT2D eigenvalue weighted by atomic mass is 16.3. The number of aliphatic hydroxyl groups is 1. The van der Waals surface area contributed by atoms with Gasteiger partial charge in [0.2, 0.25) is 5.91 Å². The highest BCUT2D eigenvalue weighted by Crippen LogP contribution is 2.34. The fourth-order valence-electron chi connectivity index (χ4n) is 2.28. The molecule has 1 aliphatic rings. The number of nitrogens with one attached hydrogen (secondary N) is 1. The van der Waals surface area contributed by atoms with Crippen LogP contribution in [0.15, 0.2) is 42.6 Å². The molecular formula is C15H15N3O2. The van der Waals surface area contributed by atoms with Gasteiger partial charge < -0.3 is 15.3 Å². The van der Waals surface area contributed by atoms with Crippen molar-refractivity contribution in [2.45, 2.75) is 13.0 Å². The molecular weight excluding hydrogens is 254 g/mol. The molecule has 5 nitrogen and oxygen atoms in total. The lowest BCUT2D eigenvalue weighted by molar-refractivity contribution is -0.115. The molecule has 5 heteroatoms. The van der Waals surface area contributed by atoms with Crippen LogP contribution in [0.25, 0.3) is 0 Å². The van der Waals surface area contributed by atoms with Crippen LogP contribution in [0.3, 0.4) is 0 Å². The van der Waals surface area contributed by atoms with E-state index in [4.69, 9.17) is 0 Å². The molecule has 0 fully saturated rings. The van der Waals surface area contributed by atoms with Gasteiger partial charge in [-0.1, -0.05) is 12.1 Å². The molecule has 2 N–H and O–H groups in total. The lowest BCUT2D eigenvalue weighted by atomic mass is 10.1. The fraction of sp³-hybridized carbons (Fsp3) is 0.200. The van der Waals surface area contributed by atoms with Gasteiger partial charge in [0.15, 0.2) is 0 Å². The molecule has 1 aromatic heterocycles. The maximum absolute atomic E-state index is 11.8. The third-order valence-electron chi connectivity index (χ3n) is 3.30. The van der Waals surface area contributed by atoms with Gasteiger partial charge in [0.05, 0.1) is 17.5 Å². The van der Waals surface area contributed by atoms with Gasteiger partial charge in [-0.25, -0.2) is 4.98 Å². The van der Waals surface area contributed by atoms with Gasteiger partial charge in [0.1, 0.15) is 12.4 Å². The van der Waals surface area contributed by atoms with Gasteiger partial charge >= 0.3 is 0 Å². The highest BCUT2D eigenvalue weighted by Gasteiger charge is 2.23. The molecule has 2 aromatic rings. The van der Waals surface area contributed by atoms with Crippen LogP contribution >= 0.6 is 0 Å².